The van der Waals surface area contributed by atoms with Gasteiger partial charge in [0.1, 0.15) is 17.5 Å². The maximum atomic E-state index is 10.0. The summed E-state index contributed by atoms with van der Waals surface area (Å²) in [6.07, 6.45) is -0.238. The van der Waals surface area contributed by atoms with Crippen molar-refractivity contribution in [2.45, 2.75) is 19.4 Å². The van der Waals surface area contributed by atoms with Crippen molar-refractivity contribution in [1.29, 1.82) is 0 Å². The number of halogens is 2. The summed E-state index contributed by atoms with van der Waals surface area (Å²) in [5.41, 5.74) is 1.67. The summed E-state index contributed by atoms with van der Waals surface area (Å²) in [5, 5.41) is 15.4. The second-order valence-corrected chi connectivity index (χ2v) is 5.40. The molecular weight excluding hydrogens is 299 g/mol. The molecule has 0 bridgehead atoms. The fourth-order valence-corrected chi connectivity index (χ4v) is 2.30. The summed E-state index contributed by atoms with van der Waals surface area (Å²) in [5.74, 6) is 0.669. The molecule has 108 valence electrons. The minimum Gasteiger partial charge on any atom is -0.491 e. The van der Waals surface area contributed by atoms with Crippen LogP contribution >= 0.6 is 23.2 Å². The second kappa shape index (κ2) is 6.48. The number of ether oxygens (including phenoxy) is 1. The maximum Gasteiger partial charge on any atom is 0.130 e. The van der Waals surface area contributed by atoms with E-state index in [1.165, 1.54) is 0 Å². The first-order chi connectivity index (χ1) is 9.47. The first kappa shape index (κ1) is 15.2. The highest BCUT2D eigenvalue weighted by Gasteiger charge is 2.16. The van der Waals surface area contributed by atoms with E-state index >= 15 is 0 Å². The van der Waals surface area contributed by atoms with Crippen LogP contribution in [0.2, 0.25) is 10.2 Å². The molecule has 1 N–H and O–H groups in total. The van der Waals surface area contributed by atoms with E-state index in [2.05, 4.69) is 5.10 Å². The van der Waals surface area contributed by atoms with Gasteiger partial charge in [-0.25, -0.2) is 0 Å². The van der Waals surface area contributed by atoms with Gasteiger partial charge in [0.15, 0.2) is 0 Å². The Hall–Kier alpha value is -1.23. The van der Waals surface area contributed by atoms with Crippen molar-refractivity contribution in [1.82, 2.24) is 9.78 Å². The molecule has 1 aromatic carbocycles. The van der Waals surface area contributed by atoms with Gasteiger partial charge in [0.05, 0.1) is 11.8 Å². The average molecular weight is 315 g/mol. The largest absolute Gasteiger partial charge is 0.491 e. The zero-order valence-corrected chi connectivity index (χ0v) is 12.8. The maximum absolute atomic E-state index is 10.0. The van der Waals surface area contributed by atoms with Gasteiger partial charge in [-0.05, 0) is 31.2 Å². The van der Waals surface area contributed by atoms with Crippen LogP contribution in [0, 0.1) is 6.92 Å². The van der Waals surface area contributed by atoms with Gasteiger partial charge in [0.25, 0.3) is 0 Å². The molecule has 4 nitrogen and oxygen atoms in total. The van der Waals surface area contributed by atoms with E-state index in [1.807, 2.05) is 6.92 Å². The smallest absolute Gasteiger partial charge is 0.130 e. The van der Waals surface area contributed by atoms with Crippen LogP contribution < -0.4 is 4.74 Å². The van der Waals surface area contributed by atoms with E-state index in [0.29, 0.717) is 22.3 Å². The van der Waals surface area contributed by atoms with Gasteiger partial charge < -0.3 is 9.84 Å². The van der Waals surface area contributed by atoms with Crippen LogP contribution in [0.15, 0.2) is 24.3 Å². The fraction of sp³-hybridized carbons (Fsp3) is 0.357. The van der Waals surface area contributed by atoms with Gasteiger partial charge >= 0.3 is 0 Å². The Bertz CT molecular complexity index is 582. The lowest BCUT2D eigenvalue weighted by Gasteiger charge is -2.12. The average Bonchev–Trinajstić information content (AvgIpc) is 2.65. The topological polar surface area (TPSA) is 47.3 Å². The lowest BCUT2D eigenvalue weighted by atomic mass is 10.1. The third-order valence-corrected chi connectivity index (χ3v) is 3.69. The van der Waals surface area contributed by atoms with Crippen molar-refractivity contribution in [3.63, 3.8) is 0 Å². The van der Waals surface area contributed by atoms with Crippen LogP contribution in [0.5, 0.6) is 5.75 Å². The summed E-state index contributed by atoms with van der Waals surface area (Å²) in [6, 6.07) is 7.01. The van der Waals surface area contributed by atoms with Crippen LogP contribution in [-0.4, -0.2) is 27.6 Å². The Balaban J connectivity index is 1.92. The normalized spacial score (nSPS) is 12.4. The van der Waals surface area contributed by atoms with Crippen molar-refractivity contribution in [3.8, 4) is 5.75 Å². The Morgan fingerprint density at radius 2 is 1.95 bits per heavy atom. The molecular formula is C14H16Cl2N2O2. The number of hydrogen-bond donors (Lipinski definition) is 1. The Kier molecular flexibility index (Phi) is 4.91. The number of aliphatic hydroxyl groups excluding tert-OH is 1. The van der Waals surface area contributed by atoms with Crippen molar-refractivity contribution in [2.75, 3.05) is 6.61 Å². The van der Waals surface area contributed by atoms with Crippen molar-refractivity contribution in [3.05, 3.63) is 45.7 Å². The van der Waals surface area contributed by atoms with Crippen molar-refractivity contribution >= 4 is 23.2 Å². The first-order valence-electron chi connectivity index (χ1n) is 6.21. The van der Waals surface area contributed by atoms with Crippen LogP contribution in [0.25, 0.3) is 0 Å². The molecule has 0 amide bonds. The highest BCUT2D eigenvalue weighted by Crippen LogP contribution is 2.21. The highest BCUT2D eigenvalue weighted by molar-refractivity contribution is 6.30. The molecule has 2 aromatic rings. The monoisotopic (exact) mass is 314 g/mol. The van der Waals surface area contributed by atoms with E-state index in [1.54, 1.807) is 36.0 Å². The van der Waals surface area contributed by atoms with Gasteiger partial charge in [-0.15, -0.1) is 0 Å². The highest BCUT2D eigenvalue weighted by atomic mass is 35.5. The van der Waals surface area contributed by atoms with Crippen LogP contribution in [0.1, 0.15) is 11.3 Å². The quantitative estimate of drug-likeness (QED) is 0.922. The van der Waals surface area contributed by atoms with Crippen LogP contribution in [0.3, 0.4) is 0 Å². The molecule has 0 aliphatic rings. The van der Waals surface area contributed by atoms with Gasteiger partial charge in [-0.2, -0.15) is 5.10 Å². The molecule has 0 fully saturated rings. The number of aryl methyl sites for hydroxylation is 2. The fourth-order valence-electron chi connectivity index (χ4n) is 1.92. The van der Waals surface area contributed by atoms with Gasteiger partial charge in [0, 0.05) is 24.1 Å². The van der Waals surface area contributed by atoms with Gasteiger partial charge in [-0.1, -0.05) is 23.2 Å². The molecule has 1 unspecified atom stereocenters. The lowest BCUT2D eigenvalue weighted by molar-refractivity contribution is 0.107. The molecule has 1 aromatic heterocycles. The number of aromatic nitrogens is 2. The third-order valence-electron chi connectivity index (χ3n) is 2.97. The third kappa shape index (κ3) is 3.66. The summed E-state index contributed by atoms with van der Waals surface area (Å²) >= 11 is 11.9. The molecule has 1 atom stereocenters. The first-order valence-corrected chi connectivity index (χ1v) is 6.97. The van der Waals surface area contributed by atoms with E-state index in [-0.39, 0.29) is 6.61 Å². The predicted octanol–water partition coefficient (Wildman–Crippen LogP) is 3.02. The van der Waals surface area contributed by atoms with Crippen LogP contribution in [-0.2, 0) is 13.5 Å². The molecule has 2 rings (SSSR count). The minimum atomic E-state index is -0.647. The SMILES string of the molecule is Cc1nn(C)c(Cl)c1CC(O)COc1ccc(Cl)cc1. The molecule has 0 aliphatic heterocycles. The van der Waals surface area contributed by atoms with E-state index in [4.69, 9.17) is 27.9 Å². The Morgan fingerprint density at radius 3 is 2.50 bits per heavy atom. The Morgan fingerprint density at radius 1 is 1.30 bits per heavy atom. The summed E-state index contributed by atoms with van der Waals surface area (Å²) < 4.78 is 7.10. The molecule has 0 saturated carbocycles. The molecule has 1 heterocycles. The molecule has 6 heteroatoms. The lowest BCUT2D eigenvalue weighted by Crippen LogP contribution is -2.20. The molecule has 0 saturated heterocycles. The number of hydrogen-bond acceptors (Lipinski definition) is 3. The van der Waals surface area contributed by atoms with Crippen LogP contribution in [0.4, 0.5) is 0 Å². The number of rotatable bonds is 5. The number of aliphatic hydroxyl groups is 1. The summed E-state index contributed by atoms with van der Waals surface area (Å²) in [6.45, 7) is 2.06. The second-order valence-electron chi connectivity index (χ2n) is 4.60. The van der Waals surface area contributed by atoms with Gasteiger partial charge in [-0.3, -0.25) is 4.68 Å². The van der Waals surface area contributed by atoms with E-state index < -0.39 is 6.10 Å². The number of nitrogens with zero attached hydrogens (tertiary/aromatic N) is 2. The van der Waals surface area contributed by atoms with Gasteiger partial charge in [0.2, 0.25) is 0 Å². The zero-order chi connectivity index (χ0) is 14.7. The predicted molar refractivity (Wildman–Crippen MR) is 79.6 cm³/mol. The molecule has 0 spiro atoms. The molecule has 0 aliphatic carbocycles. The summed E-state index contributed by atoms with van der Waals surface area (Å²) in [4.78, 5) is 0. The Labute approximate surface area is 127 Å². The standard InChI is InChI=1S/C14H16Cl2N2O2/c1-9-13(14(16)18(2)17-9)7-11(19)8-20-12-5-3-10(15)4-6-12/h3-6,11,19H,7-8H2,1-2H3. The van der Waals surface area contributed by atoms with Crippen molar-refractivity contribution in [2.24, 2.45) is 7.05 Å². The van der Waals surface area contributed by atoms with E-state index in [9.17, 15) is 5.11 Å². The van der Waals surface area contributed by atoms with Crippen molar-refractivity contribution < 1.29 is 9.84 Å². The molecule has 0 radical (unpaired) electrons. The summed E-state index contributed by atoms with van der Waals surface area (Å²) in [7, 11) is 1.77. The zero-order valence-electron chi connectivity index (χ0n) is 11.3. The number of benzene rings is 1. The minimum absolute atomic E-state index is 0.187. The molecule has 20 heavy (non-hydrogen) atoms. The van der Waals surface area contributed by atoms with E-state index in [0.717, 1.165) is 11.3 Å².